The van der Waals surface area contributed by atoms with Crippen molar-refractivity contribution in [1.82, 2.24) is 5.32 Å². The molecular weight excluding hydrogens is 232 g/mol. The Hall–Kier alpha value is -1.96. The number of benzene rings is 1. The molecule has 2 rings (SSSR count). The van der Waals surface area contributed by atoms with Crippen molar-refractivity contribution in [2.45, 2.75) is 26.2 Å². The first kappa shape index (κ1) is 13.5. The molecule has 100 valence electrons. The maximum atomic E-state index is 6.07. The quantitative estimate of drug-likeness (QED) is 0.783. The van der Waals surface area contributed by atoms with Crippen LogP contribution in [-0.2, 0) is 6.42 Å². The predicted molar refractivity (Wildman–Crippen MR) is 83.4 cm³/mol. The van der Waals surface area contributed by atoms with Gasteiger partial charge in [-0.3, -0.25) is 0 Å². The fraction of sp³-hybridized carbons (Fsp3) is 0.294. The van der Waals surface area contributed by atoms with Gasteiger partial charge in [0, 0.05) is 11.4 Å². The summed E-state index contributed by atoms with van der Waals surface area (Å²) in [6.45, 7) is 14.2. The van der Waals surface area contributed by atoms with E-state index < -0.39 is 0 Å². The lowest BCUT2D eigenvalue weighted by Crippen LogP contribution is -2.17. The minimum absolute atomic E-state index is 0.0730. The largest absolute Gasteiger partial charge is 0.398 e. The molecule has 0 amide bonds. The molecule has 1 aromatic carbocycles. The van der Waals surface area contributed by atoms with Crippen molar-refractivity contribution < 1.29 is 0 Å². The molecule has 0 saturated carbocycles. The van der Waals surface area contributed by atoms with Gasteiger partial charge >= 0.3 is 0 Å². The van der Waals surface area contributed by atoms with Crippen LogP contribution in [0.4, 0.5) is 5.69 Å². The smallest absolute Gasteiger partial charge is 0.0353 e. The molecule has 0 aromatic heterocycles. The molecule has 0 fully saturated rings. The van der Waals surface area contributed by atoms with Gasteiger partial charge in [-0.1, -0.05) is 38.8 Å². The summed E-state index contributed by atoms with van der Waals surface area (Å²) in [6.07, 6.45) is 4.56. The van der Waals surface area contributed by atoms with Crippen LogP contribution in [0.5, 0.6) is 0 Å². The Labute approximate surface area is 115 Å². The Morgan fingerprint density at radius 3 is 2.89 bits per heavy atom. The Bertz CT molecular complexity index is 542. The van der Waals surface area contributed by atoms with Crippen molar-refractivity contribution in [1.29, 1.82) is 0 Å². The zero-order valence-corrected chi connectivity index (χ0v) is 11.6. The number of fused-ring (bicyclic) bond motifs is 1. The number of nitrogen functional groups attached to an aromatic ring is 1. The van der Waals surface area contributed by atoms with Crippen molar-refractivity contribution in [2.24, 2.45) is 5.41 Å². The zero-order valence-electron chi connectivity index (χ0n) is 11.6. The zero-order chi connectivity index (χ0) is 14.0. The van der Waals surface area contributed by atoms with E-state index in [0.717, 1.165) is 30.6 Å². The van der Waals surface area contributed by atoms with E-state index in [1.54, 1.807) is 6.20 Å². The fourth-order valence-corrected chi connectivity index (χ4v) is 2.79. The number of anilines is 1. The first-order valence-electron chi connectivity index (χ1n) is 6.60. The van der Waals surface area contributed by atoms with Crippen LogP contribution < -0.4 is 11.1 Å². The van der Waals surface area contributed by atoms with Crippen molar-refractivity contribution in [2.75, 3.05) is 5.73 Å². The monoisotopic (exact) mass is 254 g/mol. The first-order chi connectivity index (χ1) is 8.98. The average Bonchev–Trinajstić information content (AvgIpc) is 2.63. The lowest BCUT2D eigenvalue weighted by molar-refractivity contribution is 0.420. The molecule has 3 N–H and O–H groups in total. The highest BCUT2D eigenvalue weighted by Gasteiger charge is 2.37. The molecule has 0 saturated heterocycles. The number of hydrogen-bond donors (Lipinski definition) is 2. The van der Waals surface area contributed by atoms with Gasteiger partial charge in [-0.15, -0.1) is 0 Å². The van der Waals surface area contributed by atoms with E-state index in [-0.39, 0.29) is 5.41 Å². The van der Waals surface area contributed by atoms with Gasteiger partial charge in [0.05, 0.1) is 0 Å². The lowest BCUT2D eigenvalue weighted by Gasteiger charge is -2.26. The Balaban J connectivity index is 2.15. The molecule has 0 spiro atoms. The predicted octanol–water partition coefficient (Wildman–Crippen LogP) is 3.87. The summed E-state index contributed by atoms with van der Waals surface area (Å²) in [5.74, 6) is 0. The average molecular weight is 254 g/mol. The third kappa shape index (κ3) is 2.43. The number of hydrogen-bond acceptors (Lipinski definition) is 2. The summed E-state index contributed by atoms with van der Waals surface area (Å²) in [5.41, 5.74) is 11.7. The van der Waals surface area contributed by atoms with Crippen LogP contribution in [0.25, 0.3) is 5.57 Å². The summed E-state index contributed by atoms with van der Waals surface area (Å²) < 4.78 is 0. The van der Waals surface area contributed by atoms with Crippen molar-refractivity contribution >= 4 is 11.3 Å². The van der Waals surface area contributed by atoms with E-state index in [1.807, 2.05) is 12.1 Å². The first-order valence-corrected chi connectivity index (χ1v) is 6.60. The standard InChI is InChI=1S/C17H22N2/c1-5-19-12(2)9-10-17(4)11-15-14(13(17)3)7-6-8-16(15)18/h5-8,19H,1-3,9-11,18H2,4H3. The fourth-order valence-electron chi connectivity index (χ4n) is 2.79. The van der Waals surface area contributed by atoms with Crippen molar-refractivity contribution in [3.8, 4) is 0 Å². The van der Waals surface area contributed by atoms with Crippen LogP contribution in [0.15, 0.2) is 49.8 Å². The molecule has 0 aliphatic heterocycles. The van der Waals surface area contributed by atoms with Crippen LogP contribution in [0.1, 0.15) is 30.9 Å². The van der Waals surface area contributed by atoms with Gasteiger partial charge < -0.3 is 11.1 Å². The minimum Gasteiger partial charge on any atom is -0.398 e. The molecule has 1 aliphatic carbocycles. The number of nitrogens with one attached hydrogen (secondary N) is 1. The molecule has 0 bridgehead atoms. The molecule has 0 heterocycles. The van der Waals surface area contributed by atoms with Gasteiger partial charge in [0.15, 0.2) is 0 Å². The third-order valence-corrected chi connectivity index (χ3v) is 4.12. The van der Waals surface area contributed by atoms with Crippen LogP contribution >= 0.6 is 0 Å². The van der Waals surface area contributed by atoms with Gasteiger partial charge in [0.25, 0.3) is 0 Å². The molecule has 19 heavy (non-hydrogen) atoms. The molecule has 1 aliphatic rings. The molecule has 1 atom stereocenters. The minimum atomic E-state index is 0.0730. The third-order valence-electron chi connectivity index (χ3n) is 4.12. The SMILES string of the molecule is C=CNC(=C)CCC1(C)Cc2c(N)cccc2C1=C. The van der Waals surface area contributed by atoms with Crippen LogP contribution in [0, 0.1) is 5.41 Å². The van der Waals surface area contributed by atoms with Gasteiger partial charge in [-0.05, 0) is 53.6 Å². The van der Waals surface area contributed by atoms with Crippen LogP contribution in [0.2, 0.25) is 0 Å². The molecule has 2 nitrogen and oxygen atoms in total. The van der Waals surface area contributed by atoms with Gasteiger partial charge in [-0.25, -0.2) is 0 Å². The van der Waals surface area contributed by atoms with Gasteiger partial charge in [0.1, 0.15) is 0 Å². The summed E-state index contributed by atoms with van der Waals surface area (Å²) in [5, 5.41) is 3.05. The summed E-state index contributed by atoms with van der Waals surface area (Å²) in [6, 6.07) is 6.09. The summed E-state index contributed by atoms with van der Waals surface area (Å²) >= 11 is 0. The van der Waals surface area contributed by atoms with Crippen molar-refractivity contribution in [3.63, 3.8) is 0 Å². The second-order valence-electron chi connectivity index (χ2n) is 5.54. The lowest BCUT2D eigenvalue weighted by atomic mass is 9.79. The topological polar surface area (TPSA) is 38.0 Å². The van der Waals surface area contributed by atoms with E-state index in [9.17, 15) is 0 Å². The molecular formula is C17H22N2. The number of nitrogens with two attached hydrogens (primary N) is 1. The van der Waals surface area contributed by atoms with Gasteiger partial charge in [-0.2, -0.15) is 0 Å². The second kappa shape index (κ2) is 4.96. The molecule has 2 heteroatoms. The Morgan fingerprint density at radius 1 is 1.53 bits per heavy atom. The summed E-state index contributed by atoms with van der Waals surface area (Å²) in [4.78, 5) is 0. The summed E-state index contributed by atoms with van der Waals surface area (Å²) in [7, 11) is 0. The van der Waals surface area contributed by atoms with E-state index in [4.69, 9.17) is 5.73 Å². The van der Waals surface area contributed by atoms with E-state index in [0.29, 0.717) is 0 Å². The maximum Gasteiger partial charge on any atom is 0.0353 e. The van der Waals surface area contributed by atoms with Crippen molar-refractivity contribution in [3.05, 3.63) is 61.0 Å². The van der Waals surface area contributed by atoms with Gasteiger partial charge in [0.2, 0.25) is 0 Å². The Kier molecular flexibility index (Phi) is 3.52. The molecule has 0 radical (unpaired) electrons. The van der Waals surface area contributed by atoms with Crippen LogP contribution in [0.3, 0.4) is 0 Å². The number of allylic oxidation sites excluding steroid dienone is 2. The van der Waals surface area contributed by atoms with E-state index in [2.05, 4.69) is 38.0 Å². The molecule has 1 aromatic rings. The second-order valence-corrected chi connectivity index (χ2v) is 5.54. The highest BCUT2D eigenvalue weighted by atomic mass is 14.8. The number of rotatable bonds is 5. The normalized spacial score (nSPS) is 21.0. The van der Waals surface area contributed by atoms with Crippen LogP contribution in [-0.4, -0.2) is 0 Å². The van der Waals surface area contributed by atoms with E-state index >= 15 is 0 Å². The highest BCUT2D eigenvalue weighted by Crippen LogP contribution is 2.50. The maximum absolute atomic E-state index is 6.07. The van der Waals surface area contributed by atoms with E-state index in [1.165, 1.54) is 16.7 Å². The molecule has 1 unspecified atom stereocenters. The Morgan fingerprint density at radius 2 is 2.26 bits per heavy atom. The highest BCUT2D eigenvalue weighted by molar-refractivity contribution is 5.79.